The van der Waals surface area contributed by atoms with E-state index in [2.05, 4.69) is 0 Å². The van der Waals surface area contributed by atoms with Gasteiger partial charge in [-0.05, 0) is 78.4 Å². The molecule has 0 saturated heterocycles. The predicted molar refractivity (Wildman–Crippen MR) is 157 cm³/mol. The Morgan fingerprint density at radius 2 is 1.57 bits per heavy atom. The number of aliphatic carboxylic acids is 2. The summed E-state index contributed by atoms with van der Waals surface area (Å²) in [5.41, 5.74) is 4.80. The molecular formula is C33H33NO6. The zero-order valence-electron chi connectivity index (χ0n) is 22.5. The molecule has 0 amide bonds. The maximum atomic E-state index is 11.5. The molecule has 206 valence electrons. The van der Waals surface area contributed by atoms with Crippen LogP contribution in [0.4, 0.5) is 0 Å². The third-order valence-corrected chi connectivity index (χ3v) is 6.34. The van der Waals surface area contributed by atoms with Crippen molar-refractivity contribution in [1.29, 1.82) is 0 Å². The second kappa shape index (κ2) is 13.8. The van der Waals surface area contributed by atoms with Gasteiger partial charge in [0.25, 0.3) is 0 Å². The quantitative estimate of drug-likeness (QED) is 0.138. The molecule has 2 N–H and O–H groups in total. The first-order valence-electron chi connectivity index (χ1n) is 13.2. The number of fused-ring (bicyclic) bond motifs is 1. The Bertz CT molecular complexity index is 1510. The lowest BCUT2D eigenvalue weighted by Crippen LogP contribution is -2.07. The Morgan fingerprint density at radius 1 is 0.850 bits per heavy atom. The van der Waals surface area contributed by atoms with Crippen molar-refractivity contribution in [3.8, 4) is 11.5 Å². The van der Waals surface area contributed by atoms with Crippen LogP contribution in [0.15, 0.2) is 85.1 Å². The highest BCUT2D eigenvalue weighted by atomic mass is 16.5. The number of hydrogen-bond acceptors (Lipinski definition) is 4. The van der Waals surface area contributed by atoms with Crippen LogP contribution in [0.2, 0.25) is 0 Å². The number of aryl methyl sites for hydroxylation is 2. The van der Waals surface area contributed by atoms with Crippen molar-refractivity contribution in [3.63, 3.8) is 0 Å². The van der Waals surface area contributed by atoms with Crippen molar-refractivity contribution in [2.45, 2.75) is 32.7 Å². The summed E-state index contributed by atoms with van der Waals surface area (Å²) < 4.78 is 13.2. The van der Waals surface area contributed by atoms with E-state index >= 15 is 0 Å². The predicted octanol–water partition coefficient (Wildman–Crippen LogP) is 6.63. The van der Waals surface area contributed by atoms with Crippen LogP contribution in [0.25, 0.3) is 23.1 Å². The van der Waals surface area contributed by atoms with Crippen LogP contribution in [0.3, 0.4) is 0 Å². The van der Waals surface area contributed by atoms with Gasteiger partial charge in [0.15, 0.2) is 0 Å². The highest BCUT2D eigenvalue weighted by Crippen LogP contribution is 2.28. The van der Waals surface area contributed by atoms with Crippen LogP contribution in [-0.4, -0.2) is 39.9 Å². The molecule has 0 aliphatic rings. The molecule has 0 bridgehead atoms. The van der Waals surface area contributed by atoms with Crippen LogP contribution in [0, 0.1) is 6.92 Å². The molecular weight excluding hydrogens is 506 g/mol. The van der Waals surface area contributed by atoms with Crippen LogP contribution in [0.1, 0.15) is 35.1 Å². The average molecular weight is 540 g/mol. The molecule has 0 aliphatic heterocycles. The van der Waals surface area contributed by atoms with E-state index in [9.17, 15) is 14.7 Å². The van der Waals surface area contributed by atoms with E-state index in [4.69, 9.17) is 14.6 Å². The third-order valence-electron chi connectivity index (χ3n) is 6.34. The summed E-state index contributed by atoms with van der Waals surface area (Å²) in [6.45, 7) is 2.77. The molecule has 7 heteroatoms. The molecule has 4 aromatic rings. The third kappa shape index (κ3) is 8.11. The second-order valence-electron chi connectivity index (χ2n) is 9.48. The molecule has 7 nitrogen and oxygen atoms in total. The molecule has 4 rings (SSSR count). The van der Waals surface area contributed by atoms with Crippen molar-refractivity contribution >= 4 is 35.0 Å². The summed E-state index contributed by atoms with van der Waals surface area (Å²) in [7, 11) is 0. The molecule has 0 radical (unpaired) electrons. The largest absolute Gasteiger partial charge is 0.490 e. The first kappa shape index (κ1) is 28.2. The van der Waals surface area contributed by atoms with Gasteiger partial charge >= 0.3 is 11.9 Å². The summed E-state index contributed by atoms with van der Waals surface area (Å²) in [6.07, 6.45) is 10.8. The summed E-state index contributed by atoms with van der Waals surface area (Å²) in [6, 6.07) is 21.5. The fraction of sp³-hybridized carbons (Fsp3) is 0.212. The van der Waals surface area contributed by atoms with Crippen LogP contribution in [0.5, 0.6) is 11.5 Å². The highest BCUT2D eigenvalue weighted by molar-refractivity contribution is 5.94. The number of carboxylic acids is 2. The average Bonchev–Trinajstić information content (AvgIpc) is 3.27. The Balaban J connectivity index is 1.38. The molecule has 1 heterocycles. The zero-order chi connectivity index (χ0) is 28.3. The first-order valence-corrected chi connectivity index (χ1v) is 13.2. The summed E-state index contributed by atoms with van der Waals surface area (Å²) in [5.74, 6) is -0.173. The molecule has 0 aliphatic carbocycles. The Hall–Kier alpha value is -4.78. The number of nitrogens with zero attached hydrogens (tertiary/aromatic N) is 1. The Labute approximate surface area is 233 Å². The minimum Gasteiger partial charge on any atom is -0.490 e. The monoisotopic (exact) mass is 539 g/mol. The van der Waals surface area contributed by atoms with Gasteiger partial charge in [-0.25, -0.2) is 0 Å². The molecule has 1 aromatic heterocycles. The molecule has 40 heavy (non-hydrogen) atoms. The first-order chi connectivity index (χ1) is 19.4. The lowest BCUT2D eigenvalue weighted by molar-refractivity contribution is -0.138. The number of benzene rings is 3. The van der Waals surface area contributed by atoms with Crippen molar-refractivity contribution in [2.75, 3.05) is 13.2 Å². The van der Waals surface area contributed by atoms with Crippen LogP contribution < -0.4 is 9.47 Å². The van der Waals surface area contributed by atoms with Gasteiger partial charge in [-0.15, -0.1) is 0 Å². The maximum Gasteiger partial charge on any atom is 0.323 e. The van der Waals surface area contributed by atoms with E-state index in [0.717, 1.165) is 44.7 Å². The van der Waals surface area contributed by atoms with Crippen molar-refractivity contribution in [3.05, 3.63) is 107 Å². The molecule has 0 fully saturated rings. The van der Waals surface area contributed by atoms with Gasteiger partial charge in [0, 0.05) is 18.0 Å². The lowest BCUT2D eigenvalue weighted by Gasteiger charge is -2.06. The molecule has 0 saturated carbocycles. The highest BCUT2D eigenvalue weighted by Gasteiger charge is 2.13. The van der Waals surface area contributed by atoms with E-state index in [0.29, 0.717) is 26.1 Å². The number of carboxylic acid groups (broad SMARTS) is 2. The standard InChI is InChI=1S/C33H33NO6/c1-24-7-4-10-29(21-24)40-20-3-2-19-39-28-17-14-25(15-18-28)13-16-26-8-5-11-30-27(9-6-12-31(35)36)22-34(33(26)30)23-32(37)38/h2-5,7-8,10-11,13-18,21-22H,6,9,12,19-20,23H2,1H3,(H,35,36)(H,37,38)/b3-2+,16-13?. The van der Waals surface area contributed by atoms with Gasteiger partial charge in [-0.1, -0.05) is 54.6 Å². The van der Waals surface area contributed by atoms with Crippen LogP contribution in [-0.2, 0) is 22.6 Å². The van der Waals surface area contributed by atoms with E-state index in [1.807, 2.05) is 104 Å². The second-order valence-corrected chi connectivity index (χ2v) is 9.48. The lowest BCUT2D eigenvalue weighted by atomic mass is 10.0. The minimum atomic E-state index is -0.933. The van der Waals surface area contributed by atoms with E-state index in [1.54, 1.807) is 4.57 Å². The summed E-state index contributed by atoms with van der Waals surface area (Å²) in [4.78, 5) is 22.4. The van der Waals surface area contributed by atoms with Crippen molar-refractivity contribution in [2.24, 2.45) is 0 Å². The van der Waals surface area contributed by atoms with E-state index in [-0.39, 0.29) is 13.0 Å². The zero-order valence-corrected chi connectivity index (χ0v) is 22.5. The van der Waals surface area contributed by atoms with Gasteiger partial charge < -0.3 is 24.3 Å². The summed E-state index contributed by atoms with van der Waals surface area (Å²) >= 11 is 0. The number of aromatic nitrogens is 1. The van der Waals surface area contributed by atoms with E-state index < -0.39 is 11.9 Å². The number of carbonyl (C=O) groups is 2. The molecule has 0 unspecified atom stereocenters. The normalized spacial score (nSPS) is 11.4. The SMILES string of the molecule is Cc1cccc(OC/C=C/COc2ccc(C=Cc3cccc4c(CCCC(=O)O)cn(CC(=O)O)c34)cc2)c1. The van der Waals surface area contributed by atoms with Gasteiger partial charge in [0.2, 0.25) is 0 Å². The van der Waals surface area contributed by atoms with Gasteiger partial charge in [-0.2, -0.15) is 0 Å². The fourth-order valence-corrected chi connectivity index (χ4v) is 4.49. The number of hydrogen-bond donors (Lipinski definition) is 2. The Kier molecular flexibility index (Phi) is 9.77. The number of ether oxygens (including phenoxy) is 2. The van der Waals surface area contributed by atoms with Gasteiger partial charge in [0.1, 0.15) is 31.3 Å². The van der Waals surface area contributed by atoms with Crippen molar-refractivity contribution in [1.82, 2.24) is 4.57 Å². The minimum absolute atomic E-state index is 0.0730. The van der Waals surface area contributed by atoms with Crippen molar-refractivity contribution < 1.29 is 29.3 Å². The number of para-hydroxylation sites is 1. The smallest absolute Gasteiger partial charge is 0.323 e. The molecule has 0 spiro atoms. The topological polar surface area (TPSA) is 98.0 Å². The fourth-order valence-electron chi connectivity index (χ4n) is 4.49. The Morgan fingerprint density at radius 3 is 2.27 bits per heavy atom. The van der Waals surface area contributed by atoms with Crippen LogP contribution >= 0.6 is 0 Å². The maximum absolute atomic E-state index is 11.5. The van der Waals surface area contributed by atoms with Gasteiger partial charge in [0.05, 0.1) is 5.52 Å². The van der Waals surface area contributed by atoms with Gasteiger partial charge in [-0.3, -0.25) is 9.59 Å². The summed E-state index contributed by atoms with van der Waals surface area (Å²) in [5, 5.41) is 19.3. The molecule has 3 aromatic carbocycles. The molecule has 0 atom stereocenters. The van der Waals surface area contributed by atoms with E-state index in [1.165, 1.54) is 0 Å². The number of rotatable bonds is 14.